The van der Waals surface area contributed by atoms with Gasteiger partial charge in [0.05, 0.1) is 17.1 Å². The number of nitrogens with zero attached hydrogens (tertiary/aromatic N) is 1. The van der Waals surface area contributed by atoms with Crippen molar-refractivity contribution in [1.82, 2.24) is 9.55 Å². The zero-order valence-corrected chi connectivity index (χ0v) is 22.8. The molecule has 8 aromatic rings. The first kappa shape index (κ1) is 23.1. The van der Waals surface area contributed by atoms with E-state index in [2.05, 4.69) is 155 Å². The molecule has 194 valence electrons. The first-order chi connectivity index (χ1) is 20.8. The van der Waals surface area contributed by atoms with Crippen LogP contribution in [0.4, 0.5) is 0 Å². The number of H-pyrrole nitrogens is 1. The van der Waals surface area contributed by atoms with Crippen molar-refractivity contribution in [2.24, 2.45) is 0 Å². The normalized spacial score (nSPS) is 13.0. The van der Waals surface area contributed by atoms with Crippen molar-refractivity contribution in [3.05, 3.63) is 152 Å². The Kier molecular flexibility index (Phi) is 4.89. The average Bonchev–Trinajstić information content (AvgIpc) is 3.60. The molecule has 1 aliphatic carbocycles. The van der Waals surface area contributed by atoms with E-state index in [-0.39, 0.29) is 0 Å². The molecule has 0 atom stereocenters. The van der Waals surface area contributed by atoms with Crippen molar-refractivity contribution in [3.63, 3.8) is 0 Å². The van der Waals surface area contributed by atoms with Crippen molar-refractivity contribution in [3.8, 4) is 22.3 Å². The fourth-order valence-electron chi connectivity index (χ4n) is 6.73. The van der Waals surface area contributed by atoms with E-state index in [1.807, 2.05) is 6.08 Å². The van der Waals surface area contributed by atoms with Crippen LogP contribution in [0.2, 0.25) is 0 Å². The highest BCUT2D eigenvalue weighted by Gasteiger charge is 2.21. The van der Waals surface area contributed by atoms with Crippen LogP contribution in [0.5, 0.6) is 0 Å². The van der Waals surface area contributed by atoms with E-state index >= 15 is 0 Å². The van der Waals surface area contributed by atoms with Crippen molar-refractivity contribution in [1.29, 1.82) is 0 Å². The van der Waals surface area contributed by atoms with Crippen molar-refractivity contribution in [2.75, 3.05) is 0 Å². The van der Waals surface area contributed by atoms with E-state index in [0.29, 0.717) is 0 Å². The zero-order chi connectivity index (χ0) is 27.6. The lowest BCUT2D eigenvalue weighted by Crippen LogP contribution is -1.96. The average molecular weight is 534 g/mol. The molecule has 2 heterocycles. The smallest absolute Gasteiger partial charge is 0.158 e. The molecular formula is C40H25N2+. The largest absolute Gasteiger partial charge is 0.354 e. The summed E-state index contributed by atoms with van der Waals surface area (Å²) in [4.78, 5) is 3.59. The van der Waals surface area contributed by atoms with Gasteiger partial charge in [-0.2, -0.15) is 0 Å². The van der Waals surface area contributed by atoms with Gasteiger partial charge in [0.25, 0.3) is 0 Å². The molecule has 0 saturated heterocycles. The number of aromatic amines is 1. The second kappa shape index (κ2) is 8.91. The monoisotopic (exact) mass is 533 g/mol. The molecule has 6 aromatic carbocycles. The second-order valence-electron chi connectivity index (χ2n) is 11.0. The molecule has 0 aliphatic heterocycles. The maximum Gasteiger partial charge on any atom is 0.158 e. The molecule has 0 bridgehead atoms. The number of allylic oxidation sites excluding steroid dienone is 6. The van der Waals surface area contributed by atoms with Gasteiger partial charge < -0.3 is 4.98 Å². The Hall–Kier alpha value is -5.69. The Morgan fingerprint density at radius 3 is 2.05 bits per heavy atom. The predicted octanol–water partition coefficient (Wildman–Crippen LogP) is 10.7. The molecule has 0 radical (unpaired) electrons. The Morgan fingerprint density at radius 1 is 0.524 bits per heavy atom. The quantitative estimate of drug-likeness (QED) is 0.218. The van der Waals surface area contributed by atoms with Gasteiger partial charge in [-0.05, 0) is 51.9 Å². The van der Waals surface area contributed by atoms with Crippen LogP contribution in [0, 0.1) is 6.08 Å². The number of nitrogens with one attached hydrogen (secondary N) is 1. The molecular weight excluding hydrogens is 508 g/mol. The first-order valence-corrected chi connectivity index (χ1v) is 14.4. The maximum absolute atomic E-state index is 3.59. The van der Waals surface area contributed by atoms with Gasteiger partial charge in [-0.15, -0.1) is 0 Å². The zero-order valence-electron chi connectivity index (χ0n) is 22.8. The SMILES string of the molecule is [C+]1=CC(n2c3ccccc3c3cc(-c4ccc(-c5ccc6c(c5)[nH]c5ccccc56)cc4)c4ccccc4c32)=CC=C1. The third-order valence-corrected chi connectivity index (χ3v) is 8.66. The van der Waals surface area contributed by atoms with Gasteiger partial charge >= 0.3 is 0 Å². The van der Waals surface area contributed by atoms with E-state index in [4.69, 9.17) is 0 Å². The van der Waals surface area contributed by atoms with E-state index in [1.54, 1.807) is 0 Å². The van der Waals surface area contributed by atoms with E-state index < -0.39 is 0 Å². The summed E-state index contributed by atoms with van der Waals surface area (Å²) in [5, 5.41) is 7.55. The third kappa shape index (κ3) is 3.37. The highest BCUT2D eigenvalue weighted by Crippen LogP contribution is 2.42. The molecule has 2 nitrogen and oxygen atoms in total. The lowest BCUT2D eigenvalue weighted by atomic mass is 9.93. The van der Waals surface area contributed by atoms with Crippen LogP contribution in [-0.2, 0) is 0 Å². The molecule has 0 saturated carbocycles. The summed E-state index contributed by atoms with van der Waals surface area (Å²) < 4.78 is 2.39. The fourth-order valence-corrected chi connectivity index (χ4v) is 6.73. The minimum atomic E-state index is 1.12. The standard InChI is InChI=1S/C40H25N2/c1-2-10-29(11-3-1)42-39-17-9-7-14-33(39)36-25-35(30-12-4-5-15-34(30)40(36)42)27-20-18-26(19-21-27)28-22-23-32-31-13-6-8-16-37(31)41-38(32)24-28/h1-2,4-25,41H/q+1. The molecule has 1 N–H and O–H groups in total. The molecule has 0 unspecified atom stereocenters. The number of aromatic nitrogens is 2. The van der Waals surface area contributed by atoms with E-state index in [9.17, 15) is 0 Å². The highest BCUT2D eigenvalue weighted by molar-refractivity contribution is 6.22. The van der Waals surface area contributed by atoms with Gasteiger partial charge in [0.15, 0.2) is 5.70 Å². The first-order valence-electron chi connectivity index (χ1n) is 14.4. The van der Waals surface area contributed by atoms with Crippen LogP contribution < -0.4 is 0 Å². The number of hydrogen-bond acceptors (Lipinski definition) is 0. The van der Waals surface area contributed by atoms with Gasteiger partial charge in [0, 0.05) is 50.1 Å². The van der Waals surface area contributed by atoms with Crippen LogP contribution in [0.3, 0.4) is 0 Å². The van der Waals surface area contributed by atoms with Crippen LogP contribution in [0.1, 0.15) is 0 Å². The second-order valence-corrected chi connectivity index (χ2v) is 11.0. The molecule has 0 fully saturated rings. The number of benzene rings is 6. The maximum atomic E-state index is 3.59. The summed E-state index contributed by atoms with van der Waals surface area (Å²) >= 11 is 0. The minimum Gasteiger partial charge on any atom is -0.354 e. The molecule has 1 aliphatic rings. The van der Waals surface area contributed by atoms with Gasteiger partial charge in [0.1, 0.15) is 12.2 Å². The molecule has 9 rings (SSSR count). The van der Waals surface area contributed by atoms with E-state index in [0.717, 1.165) is 5.70 Å². The van der Waals surface area contributed by atoms with Crippen LogP contribution in [0.15, 0.2) is 146 Å². The molecule has 2 heteroatoms. The number of rotatable bonds is 3. The van der Waals surface area contributed by atoms with Gasteiger partial charge in [-0.1, -0.05) is 97.1 Å². The number of para-hydroxylation sites is 2. The van der Waals surface area contributed by atoms with Crippen molar-refractivity contribution in [2.45, 2.75) is 0 Å². The number of fused-ring (bicyclic) bond motifs is 8. The lowest BCUT2D eigenvalue weighted by molar-refractivity contribution is 1.24. The Balaban J connectivity index is 1.22. The third-order valence-electron chi connectivity index (χ3n) is 8.66. The van der Waals surface area contributed by atoms with Crippen LogP contribution >= 0.6 is 0 Å². The predicted molar refractivity (Wildman–Crippen MR) is 178 cm³/mol. The molecule has 0 spiro atoms. The Morgan fingerprint density at radius 2 is 1.21 bits per heavy atom. The number of hydrogen-bond donors (Lipinski definition) is 1. The van der Waals surface area contributed by atoms with E-state index in [1.165, 1.54) is 76.6 Å². The summed E-state index contributed by atoms with van der Waals surface area (Å²) in [6.45, 7) is 0. The summed E-state index contributed by atoms with van der Waals surface area (Å²) in [5.74, 6) is 0. The van der Waals surface area contributed by atoms with Crippen molar-refractivity contribution < 1.29 is 0 Å². The van der Waals surface area contributed by atoms with Crippen LogP contribution in [0.25, 0.3) is 82.3 Å². The van der Waals surface area contributed by atoms with Crippen LogP contribution in [-0.4, -0.2) is 9.55 Å². The molecule has 42 heavy (non-hydrogen) atoms. The lowest BCUT2D eigenvalue weighted by Gasteiger charge is -2.12. The summed E-state index contributed by atoms with van der Waals surface area (Å²) in [5.41, 5.74) is 10.8. The summed E-state index contributed by atoms with van der Waals surface area (Å²) in [6, 6.07) is 44.2. The van der Waals surface area contributed by atoms with Gasteiger partial charge in [0.2, 0.25) is 0 Å². The Bertz CT molecular complexity index is 2440. The minimum absolute atomic E-state index is 1.12. The highest BCUT2D eigenvalue weighted by atomic mass is 15.0. The fraction of sp³-hybridized carbons (Fsp3) is 0. The summed E-state index contributed by atoms with van der Waals surface area (Å²) in [6.07, 6.45) is 11.5. The van der Waals surface area contributed by atoms with Gasteiger partial charge in [-0.25, -0.2) is 0 Å². The summed E-state index contributed by atoms with van der Waals surface area (Å²) in [7, 11) is 0. The molecule has 0 amide bonds. The van der Waals surface area contributed by atoms with Crippen molar-refractivity contribution >= 4 is 60.1 Å². The topological polar surface area (TPSA) is 20.7 Å². The molecule has 2 aromatic heterocycles. The van der Waals surface area contributed by atoms with Gasteiger partial charge in [-0.3, -0.25) is 4.57 Å². The Labute approximate surface area is 243 Å².